The van der Waals surface area contributed by atoms with Gasteiger partial charge in [-0.2, -0.15) is 0 Å². The Morgan fingerprint density at radius 3 is 2.18 bits per heavy atom. The number of benzene rings is 2. The van der Waals surface area contributed by atoms with E-state index in [4.69, 9.17) is 15.2 Å². The first kappa shape index (κ1) is 34.9. The molecule has 1 aliphatic rings. The fourth-order valence-corrected chi connectivity index (χ4v) is 5.98. The number of ketones is 1. The number of Topliss-reactive ketones (excluding diaryl/α,β-unsaturated/α-hetero) is 1. The lowest BCUT2D eigenvalue weighted by Gasteiger charge is -2.35. The molecule has 1 heterocycles. The molecule has 4 N–H and O–H groups in total. The first-order valence-corrected chi connectivity index (χ1v) is 16.4. The van der Waals surface area contributed by atoms with Crippen LogP contribution in [0.1, 0.15) is 64.9 Å². The van der Waals surface area contributed by atoms with Gasteiger partial charge in [0, 0.05) is 19.8 Å². The van der Waals surface area contributed by atoms with E-state index in [0.29, 0.717) is 17.5 Å². The average Bonchev–Trinajstić information content (AvgIpc) is 3.56. The minimum atomic E-state index is -3.95. The molecule has 1 saturated heterocycles. The maximum absolute atomic E-state index is 14.2. The third kappa shape index (κ3) is 6.87. The molecule has 0 radical (unpaired) electrons. The topological polar surface area (TPSA) is 174 Å². The average molecular weight is 630 g/mol. The maximum Gasteiger partial charge on any atom is 0.254 e. The third-order valence-corrected chi connectivity index (χ3v) is 10.6. The van der Waals surface area contributed by atoms with Gasteiger partial charge in [-0.15, -0.1) is 0 Å². The molecule has 1 fully saturated rings. The number of amides is 3. The minimum Gasteiger partial charge on any atom is -0.375 e. The Morgan fingerprint density at radius 2 is 1.64 bits per heavy atom. The van der Waals surface area contributed by atoms with Crippen molar-refractivity contribution in [1.82, 2.24) is 10.6 Å². The fourth-order valence-electron chi connectivity index (χ4n) is 5.38. The Kier molecular flexibility index (Phi) is 10.8. The van der Waals surface area contributed by atoms with E-state index in [1.807, 2.05) is 49.4 Å². The molecule has 0 saturated carbocycles. The summed E-state index contributed by atoms with van der Waals surface area (Å²) in [6, 6.07) is 14.8. The van der Waals surface area contributed by atoms with Crippen LogP contribution >= 0.6 is 0 Å². The van der Waals surface area contributed by atoms with Crippen LogP contribution in [0.2, 0.25) is 0 Å². The zero-order chi connectivity index (χ0) is 32.9. The van der Waals surface area contributed by atoms with Crippen molar-refractivity contribution in [3.05, 3.63) is 60.2 Å². The van der Waals surface area contributed by atoms with Crippen molar-refractivity contribution < 1.29 is 37.1 Å². The van der Waals surface area contributed by atoms with E-state index in [9.17, 15) is 27.6 Å². The predicted molar refractivity (Wildman–Crippen MR) is 166 cm³/mol. The minimum absolute atomic E-state index is 0.125. The summed E-state index contributed by atoms with van der Waals surface area (Å²) in [5, 5.41) is 5.16. The summed E-state index contributed by atoms with van der Waals surface area (Å²) in [6.45, 7) is 5.54. The number of rotatable bonds is 16. The number of hydrogen-bond acceptors (Lipinski definition) is 8. The number of hydrogen-bond donors (Lipinski definition) is 3. The third-order valence-electron chi connectivity index (χ3n) is 8.42. The van der Waals surface area contributed by atoms with Crippen LogP contribution in [0.4, 0.5) is 0 Å². The van der Waals surface area contributed by atoms with Crippen LogP contribution in [-0.2, 0) is 38.5 Å². The summed E-state index contributed by atoms with van der Waals surface area (Å²) in [6.07, 6.45) is 3.28. The van der Waals surface area contributed by atoms with Crippen molar-refractivity contribution in [3.8, 4) is 11.1 Å². The number of epoxide rings is 1. The molecule has 44 heavy (non-hydrogen) atoms. The quantitative estimate of drug-likeness (QED) is 0.188. The molecule has 3 amide bonds. The molecule has 0 spiro atoms. The van der Waals surface area contributed by atoms with Gasteiger partial charge in [-0.1, -0.05) is 74.4 Å². The number of nitrogens with one attached hydrogen (secondary N) is 2. The highest BCUT2D eigenvalue weighted by Gasteiger charge is 2.77. The molecular weight excluding hydrogens is 586 g/mol. The first-order chi connectivity index (χ1) is 20.6. The van der Waals surface area contributed by atoms with Gasteiger partial charge < -0.3 is 25.8 Å². The summed E-state index contributed by atoms with van der Waals surface area (Å²) in [7, 11) is -2.67. The van der Waals surface area contributed by atoms with Gasteiger partial charge in [-0.25, -0.2) is 8.42 Å². The van der Waals surface area contributed by atoms with Gasteiger partial charge in [0.15, 0.2) is 21.2 Å². The summed E-state index contributed by atoms with van der Waals surface area (Å²) < 4.78 is 34.8. The van der Waals surface area contributed by atoms with Crippen LogP contribution in [0, 0.1) is 0 Å². The van der Waals surface area contributed by atoms with E-state index >= 15 is 0 Å². The molecule has 12 heteroatoms. The van der Waals surface area contributed by atoms with Crippen molar-refractivity contribution in [2.24, 2.45) is 5.73 Å². The second-order valence-corrected chi connectivity index (χ2v) is 14.4. The molecule has 0 aromatic heterocycles. The molecule has 2 aromatic carbocycles. The summed E-state index contributed by atoms with van der Waals surface area (Å²) in [5.74, 6) is -4.15. The second kappa shape index (κ2) is 13.6. The number of unbranched alkanes of at least 4 members (excludes halogenated alkanes) is 2. The van der Waals surface area contributed by atoms with Crippen molar-refractivity contribution in [2.45, 2.75) is 81.4 Å². The number of primary amides is 1. The lowest BCUT2D eigenvalue weighted by molar-refractivity contribution is -0.133. The number of ether oxygens (including phenoxy) is 2. The highest BCUT2D eigenvalue weighted by Crippen LogP contribution is 2.56. The summed E-state index contributed by atoms with van der Waals surface area (Å²) >= 11 is 0. The highest BCUT2D eigenvalue weighted by atomic mass is 32.2. The number of nitrogens with two attached hydrogens (primary N) is 1. The van der Waals surface area contributed by atoms with E-state index in [2.05, 4.69) is 10.6 Å². The SMILES string of the molecule is CCCCCC(=O)C(c1ccccc1-c1ccccc1)[C@]1(NC(=O)[C@@H](NC(=O)COC)C(C)(C)S(C)(=O)=O)O[C@]1(C)C(N)=O. The van der Waals surface area contributed by atoms with E-state index in [-0.39, 0.29) is 12.2 Å². The molecule has 0 aliphatic carbocycles. The Labute approximate surface area is 259 Å². The molecule has 1 aliphatic heterocycles. The molecule has 0 bridgehead atoms. The van der Waals surface area contributed by atoms with Crippen LogP contribution in [0.15, 0.2) is 54.6 Å². The van der Waals surface area contributed by atoms with Gasteiger partial charge in [0.2, 0.25) is 11.8 Å². The van der Waals surface area contributed by atoms with E-state index in [1.165, 1.54) is 27.9 Å². The van der Waals surface area contributed by atoms with Crippen molar-refractivity contribution in [2.75, 3.05) is 20.0 Å². The zero-order valence-electron chi connectivity index (χ0n) is 26.1. The van der Waals surface area contributed by atoms with Crippen molar-refractivity contribution in [3.63, 3.8) is 0 Å². The Hall–Kier alpha value is -3.61. The summed E-state index contributed by atoms with van der Waals surface area (Å²) in [5.41, 5.74) is 3.95. The van der Waals surface area contributed by atoms with E-state index in [0.717, 1.165) is 24.7 Å². The number of carbonyl (C=O) groups excluding carboxylic acids is 4. The van der Waals surface area contributed by atoms with Gasteiger partial charge in [0.25, 0.3) is 5.91 Å². The number of methoxy groups -OCH3 is 1. The first-order valence-electron chi connectivity index (χ1n) is 14.5. The maximum atomic E-state index is 14.2. The van der Waals surface area contributed by atoms with Crippen molar-refractivity contribution in [1.29, 1.82) is 0 Å². The van der Waals surface area contributed by atoms with E-state index < -0.39 is 62.2 Å². The molecule has 4 atom stereocenters. The molecule has 11 nitrogen and oxygen atoms in total. The predicted octanol–water partition coefficient (Wildman–Crippen LogP) is 2.63. The lowest BCUT2D eigenvalue weighted by atomic mass is 9.77. The number of carbonyl (C=O) groups is 4. The number of sulfone groups is 1. The Bertz CT molecular complexity index is 1490. The monoisotopic (exact) mass is 629 g/mol. The fraction of sp³-hybridized carbons (Fsp3) is 0.500. The van der Waals surface area contributed by atoms with Gasteiger partial charge in [-0.3, -0.25) is 19.2 Å². The Morgan fingerprint density at radius 1 is 1.02 bits per heavy atom. The van der Waals surface area contributed by atoms with Crippen LogP contribution in [-0.4, -0.2) is 74.0 Å². The summed E-state index contributed by atoms with van der Waals surface area (Å²) in [4.78, 5) is 53.8. The second-order valence-electron chi connectivity index (χ2n) is 11.8. The highest BCUT2D eigenvalue weighted by molar-refractivity contribution is 7.92. The standard InChI is InChI=1S/C32H43N3O8S/c1-7-8-10-19-24(36)26(23-18-14-13-17-22(23)21-15-11-9-12-16-21)32(31(4,43-32)29(33)39)35-28(38)27(34-25(37)20-42-5)30(2,3)44(6,40)41/h9,11-18,26-27H,7-8,10,19-20H2,1-6H3,(H2,33,39)(H,34,37)(H,35,38)/t26?,27-,31-,32+/m1/s1. The zero-order valence-corrected chi connectivity index (χ0v) is 27.0. The van der Waals surface area contributed by atoms with E-state index in [1.54, 1.807) is 12.1 Å². The smallest absolute Gasteiger partial charge is 0.254 e. The normalized spacial score (nSPS) is 21.1. The van der Waals surface area contributed by atoms with Crippen LogP contribution in [0.25, 0.3) is 11.1 Å². The molecular formula is C32H43N3O8S. The lowest BCUT2D eigenvalue weighted by Crippen LogP contribution is -2.64. The van der Waals surface area contributed by atoms with Crippen molar-refractivity contribution >= 4 is 33.3 Å². The van der Waals surface area contributed by atoms with Gasteiger partial charge in [0.05, 0.1) is 10.7 Å². The van der Waals surface area contributed by atoms with Gasteiger partial charge in [-0.05, 0) is 43.9 Å². The van der Waals surface area contributed by atoms with Gasteiger partial charge >= 0.3 is 0 Å². The van der Waals surface area contributed by atoms with Crippen LogP contribution < -0.4 is 16.4 Å². The van der Waals surface area contributed by atoms with Crippen LogP contribution in [0.5, 0.6) is 0 Å². The molecule has 240 valence electrons. The van der Waals surface area contributed by atoms with Crippen LogP contribution in [0.3, 0.4) is 0 Å². The largest absolute Gasteiger partial charge is 0.375 e. The molecule has 3 rings (SSSR count). The Balaban J connectivity index is 2.23. The molecule has 1 unspecified atom stereocenters. The molecule has 2 aromatic rings. The van der Waals surface area contributed by atoms with Gasteiger partial charge in [0.1, 0.15) is 18.4 Å².